The van der Waals surface area contributed by atoms with E-state index in [0.29, 0.717) is 5.92 Å². The topological polar surface area (TPSA) is 12.9 Å². The second kappa shape index (κ2) is 6.85. The van der Waals surface area contributed by atoms with E-state index in [9.17, 15) is 0 Å². The predicted octanol–water partition coefficient (Wildman–Crippen LogP) is 5.21. The van der Waals surface area contributed by atoms with Crippen molar-refractivity contribution in [3.05, 3.63) is 34.4 Å². The Balaban J connectivity index is 3.00. The summed E-state index contributed by atoms with van der Waals surface area (Å²) < 4.78 is 0. The Labute approximate surface area is 110 Å². The molecule has 0 fully saturated rings. The quantitative estimate of drug-likeness (QED) is 0.664. The minimum atomic E-state index is 0.626. The molecule has 0 aliphatic heterocycles. The van der Waals surface area contributed by atoms with Crippen LogP contribution in [0.2, 0.25) is 0 Å². The highest BCUT2D eigenvalue weighted by Gasteiger charge is 2.13. The maximum absolute atomic E-state index is 4.48. The van der Waals surface area contributed by atoms with Crippen molar-refractivity contribution in [2.24, 2.45) is 5.92 Å². The number of aromatic nitrogens is 1. The number of rotatable bonds is 5. The number of allylic oxidation sites excluding steroid dienone is 2. The number of hydrogen-bond acceptors (Lipinski definition) is 2. The van der Waals surface area contributed by atoms with Crippen molar-refractivity contribution >= 4 is 11.8 Å². The largest absolute Gasteiger partial charge is 0.249 e. The van der Waals surface area contributed by atoms with Gasteiger partial charge in [-0.25, -0.2) is 4.98 Å². The Morgan fingerprint density at radius 1 is 1.41 bits per heavy atom. The van der Waals surface area contributed by atoms with Gasteiger partial charge in [0.15, 0.2) is 0 Å². The first kappa shape index (κ1) is 14.3. The molecule has 0 aromatic carbocycles. The van der Waals surface area contributed by atoms with Gasteiger partial charge in [-0.15, -0.1) is 0 Å². The van der Waals surface area contributed by atoms with E-state index in [1.807, 2.05) is 24.0 Å². The summed E-state index contributed by atoms with van der Waals surface area (Å²) in [5, 5.41) is 1.15. The van der Waals surface area contributed by atoms with Crippen molar-refractivity contribution in [1.82, 2.24) is 4.98 Å². The molecule has 1 rings (SSSR count). The van der Waals surface area contributed by atoms with Gasteiger partial charge in [0.2, 0.25) is 0 Å². The summed E-state index contributed by atoms with van der Waals surface area (Å²) in [7, 11) is 0. The zero-order valence-electron chi connectivity index (χ0n) is 11.6. The van der Waals surface area contributed by atoms with Crippen LogP contribution in [0.1, 0.15) is 46.1 Å². The van der Waals surface area contributed by atoms with E-state index in [0.717, 1.165) is 11.4 Å². The number of thioether (sulfide) groups is 1. The Bertz CT molecular complexity index is 396. The molecule has 0 saturated heterocycles. The molecule has 1 unspecified atom stereocenters. The van der Waals surface area contributed by atoms with Crippen LogP contribution in [-0.4, -0.2) is 4.98 Å². The van der Waals surface area contributed by atoms with Gasteiger partial charge >= 0.3 is 0 Å². The van der Waals surface area contributed by atoms with Gasteiger partial charge in [0.1, 0.15) is 5.03 Å². The van der Waals surface area contributed by atoms with Gasteiger partial charge in [-0.1, -0.05) is 44.2 Å². The molecule has 17 heavy (non-hydrogen) atoms. The number of hydrogen-bond donors (Lipinski definition) is 0. The Morgan fingerprint density at radius 2 is 2.12 bits per heavy atom. The van der Waals surface area contributed by atoms with Crippen LogP contribution in [0.15, 0.2) is 33.8 Å². The van der Waals surface area contributed by atoms with Crippen molar-refractivity contribution in [1.29, 1.82) is 0 Å². The molecule has 0 spiro atoms. The van der Waals surface area contributed by atoms with Crippen molar-refractivity contribution in [3.63, 3.8) is 0 Å². The molecular formula is C15H23NS. The molecule has 2 heteroatoms. The van der Waals surface area contributed by atoms with E-state index in [1.54, 1.807) is 0 Å². The van der Waals surface area contributed by atoms with Crippen LogP contribution in [0, 0.1) is 12.8 Å². The zero-order chi connectivity index (χ0) is 12.8. The van der Waals surface area contributed by atoms with Crippen molar-refractivity contribution in [2.75, 3.05) is 0 Å². The highest BCUT2D eigenvalue weighted by Crippen LogP contribution is 2.36. The Kier molecular flexibility index (Phi) is 5.76. The fourth-order valence-corrected chi connectivity index (χ4v) is 2.89. The molecule has 0 N–H and O–H groups in total. The zero-order valence-corrected chi connectivity index (χ0v) is 12.4. The van der Waals surface area contributed by atoms with Crippen LogP contribution < -0.4 is 0 Å². The second-order valence-corrected chi connectivity index (χ2v) is 5.57. The van der Waals surface area contributed by atoms with Gasteiger partial charge in [0.05, 0.1) is 0 Å². The summed E-state index contributed by atoms with van der Waals surface area (Å²) in [6, 6.07) is 4.13. The average molecular weight is 249 g/mol. The summed E-state index contributed by atoms with van der Waals surface area (Å²) in [5.41, 5.74) is 2.76. The lowest BCUT2D eigenvalue weighted by atomic mass is 10.0. The minimum absolute atomic E-state index is 0.626. The Morgan fingerprint density at radius 3 is 2.65 bits per heavy atom. The van der Waals surface area contributed by atoms with Crippen LogP contribution in [0.3, 0.4) is 0 Å². The van der Waals surface area contributed by atoms with Crippen LogP contribution in [0.4, 0.5) is 0 Å². The van der Waals surface area contributed by atoms with Crippen LogP contribution >= 0.6 is 11.8 Å². The normalized spacial score (nSPS) is 14.4. The van der Waals surface area contributed by atoms with E-state index < -0.39 is 0 Å². The maximum atomic E-state index is 4.48. The molecule has 0 saturated carbocycles. The van der Waals surface area contributed by atoms with Gasteiger partial charge in [0, 0.05) is 6.20 Å². The molecule has 1 aromatic heterocycles. The molecule has 1 nitrogen and oxygen atoms in total. The van der Waals surface area contributed by atoms with Crippen LogP contribution in [0.25, 0.3) is 0 Å². The SMILES string of the molecule is CCC(C)=C(Sc1ncccc1C)C(C)CC. The second-order valence-electron chi connectivity index (χ2n) is 4.53. The van der Waals surface area contributed by atoms with E-state index in [-0.39, 0.29) is 0 Å². The van der Waals surface area contributed by atoms with E-state index >= 15 is 0 Å². The van der Waals surface area contributed by atoms with Crippen LogP contribution in [-0.2, 0) is 0 Å². The number of aryl methyl sites for hydroxylation is 1. The summed E-state index contributed by atoms with van der Waals surface area (Å²) in [6.45, 7) is 11.2. The Hall–Kier alpha value is -0.760. The van der Waals surface area contributed by atoms with E-state index in [2.05, 4.69) is 45.7 Å². The first-order valence-electron chi connectivity index (χ1n) is 6.39. The first-order valence-corrected chi connectivity index (χ1v) is 7.20. The smallest absolute Gasteiger partial charge is 0.103 e. The lowest BCUT2D eigenvalue weighted by Crippen LogP contribution is -1.99. The number of pyridine rings is 1. The third kappa shape index (κ3) is 3.88. The molecule has 1 aromatic rings. The lowest BCUT2D eigenvalue weighted by Gasteiger charge is -2.17. The molecule has 0 aliphatic rings. The summed E-state index contributed by atoms with van der Waals surface area (Å²) >= 11 is 1.85. The van der Waals surface area contributed by atoms with Gasteiger partial charge in [0.25, 0.3) is 0 Å². The standard InChI is InChI=1S/C15H23NS/c1-6-11(3)14(12(4)7-2)17-15-13(5)9-8-10-16-15/h8-11H,6-7H2,1-5H3. The van der Waals surface area contributed by atoms with Crippen molar-refractivity contribution in [2.45, 2.75) is 52.5 Å². The maximum Gasteiger partial charge on any atom is 0.103 e. The summed E-state index contributed by atoms with van der Waals surface area (Å²) in [5.74, 6) is 0.626. The lowest BCUT2D eigenvalue weighted by molar-refractivity contribution is 0.677. The molecule has 0 radical (unpaired) electrons. The van der Waals surface area contributed by atoms with Crippen molar-refractivity contribution < 1.29 is 0 Å². The van der Waals surface area contributed by atoms with Crippen LogP contribution in [0.5, 0.6) is 0 Å². The molecular weight excluding hydrogens is 226 g/mol. The highest BCUT2D eigenvalue weighted by atomic mass is 32.2. The van der Waals surface area contributed by atoms with Crippen molar-refractivity contribution in [3.8, 4) is 0 Å². The highest BCUT2D eigenvalue weighted by molar-refractivity contribution is 8.03. The first-order chi connectivity index (χ1) is 8.10. The summed E-state index contributed by atoms with van der Waals surface area (Å²) in [4.78, 5) is 5.98. The molecule has 1 atom stereocenters. The number of nitrogens with zero attached hydrogens (tertiary/aromatic N) is 1. The van der Waals surface area contributed by atoms with E-state index in [1.165, 1.54) is 22.5 Å². The molecule has 94 valence electrons. The molecule has 0 bridgehead atoms. The van der Waals surface area contributed by atoms with Gasteiger partial charge in [-0.2, -0.15) is 0 Å². The monoisotopic (exact) mass is 249 g/mol. The van der Waals surface area contributed by atoms with Gasteiger partial charge in [-0.3, -0.25) is 0 Å². The fraction of sp³-hybridized carbons (Fsp3) is 0.533. The average Bonchev–Trinajstić information content (AvgIpc) is 2.36. The summed E-state index contributed by atoms with van der Waals surface area (Å²) in [6.07, 6.45) is 4.19. The fourth-order valence-electron chi connectivity index (χ4n) is 1.65. The van der Waals surface area contributed by atoms with E-state index in [4.69, 9.17) is 0 Å². The van der Waals surface area contributed by atoms with Gasteiger partial charge in [-0.05, 0) is 49.1 Å². The molecule has 0 aliphatic carbocycles. The minimum Gasteiger partial charge on any atom is -0.249 e. The molecule has 1 heterocycles. The third-order valence-electron chi connectivity index (χ3n) is 3.18. The predicted molar refractivity (Wildman–Crippen MR) is 77.3 cm³/mol. The third-order valence-corrected chi connectivity index (χ3v) is 4.77. The van der Waals surface area contributed by atoms with Gasteiger partial charge < -0.3 is 0 Å². The molecule has 0 amide bonds.